The molecule has 0 atom stereocenters. The van der Waals surface area contributed by atoms with Gasteiger partial charge in [0, 0.05) is 10.4 Å². The van der Waals surface area contributed by atoms with Crippen molar-refractivity contribution in [2.75, 3.05) is 7.11 Å². The van der Waals surface area contributed by atoms with Crippen molar-refractivity contribution >= 4 is 29.2 Å². The van der Waals surface area contributed by atoms with Crippen LogP contribution in [0.25, 0.3) is 5.69 Å². The second-order valence-electron chi connectivity index (χ2n) is 5.64. The number of hydrogen-bond donors (Lipinski definition) is 0. The van der Waals surface area contributed by atoms with E-state index in [2.05, 4.69) is 5.10 Å². The Kier molecular flexibility index (Phi) is 4.30. The minimum atomic E-state index is -0.557. The van der Waals surface area contributed by atoms with Crippen LogP contribution in [0.15, 0.2) is 24.3 Å². The number of esters is 1. The number of benzene rings is 1. The predicted octanol–water partition coefficient (Wildman–Crippen LogP) is 4.26. The molecule has 1 aromatic carbocycles. The number of rotatable bonds is 2. The number of aromatic nitrogens is 2. The van der Waals surface area contributed by atoms with E-state index in [4.69, 9.17) is 27.9 Å². The van der Waals surface area contributed by atoms with Crippen molar-refractivity contribution in [2.24, 2.45) is 0 Å². The maximum Gasteiger partial charge on any atom is 0.360 e. The molecule has 0 aliphatic heterocycles. The zero-order chi connectivity index (χ0) is 15.8. The lowest BCUT2D eigenvalue weighted by molar-refractivity contribution is 0.0593. The van der Waals surface area contributed by atoms with E-state index in [0.717, 1.165) is 11.4 Å². The minimum absolute atomic E-state index is 0.110. The summed E-state index contributed by atoms with van der Waals surface area (Å²) in [5.74, 6) is -0.557. The molecule has 21 heavy (non-hydrogen) atoms. The smallest absolute Gasteiger partial charge is 0.360 e. The normalized spacial score (nSPS) is 11.5. The van der Waals surface area contributed by atoms with E-state index in [9.17, 15) is 4.79 Å². The number of hydrogen-bond acceptors (Lipinski definition) is 3. The third-order valence-corrected chi connectivity index (χ3v) is 3.60. The Morgan fingerprint density at radius 3 is 2.24 bits per heavy atom. The molecule has 0 saturated carbocycles. The van der Waals surface area contributed by atoms with Gasteiger partial charge >= 0.3 is 5.97 Å². The third kappa shape index (κ3) is 3.06. The molecule has 0 aliphatic rings. The quantitative estimate of drug-likeness (QED) is 0.774. The van der Waals surface area contributed by atoms with E-state index in [0.29, 0.717) is 10.0 Å². The second-order valence-corrected chi connectivity index (χ2v) is 6.46. The largest absolute Gasteiger partial charge is 0.464 e. The number of methoxy groups -OCH3 is 1. The Hall–Kier alpha value is -1.52. The first-order valence-electron chi connectivity index (χ1n) is 6.39. The summed E-state index contributed by atoms with van der Waals surface area (Å²) in [5, 5.41) is 5.25. The molecule has 0 aliphatic carbocycles. The Balaban J connectivity index is 2.69. The van der Waals surface area contributed by atoms with Crippen molar-refractivity contribution in [3.05, 3.63) is 45.7 Å². The van der Waals surface area contributed by atoms with E-state index in [1.165, 1.54) is 7.11 Å². The number of ether oxygens (including phenoxy) is 1. The first kappa shape index (κ1) is 15.9. The van der Waals surface area contributed by atoms with Gasteiger partial charge in [-0.2, -0.15) is 5.10 Å². The summed E-state index contributed by atoms with van der Waals surface area (Å²) in [5.41, 5.74) is 1.34. The molecular weight excluding hydrogens is 311 g/mol. The molecule has 0 amide bonds. The average Bonchev–Trinajstić information content (AvgIpc) is 2.76. The Morgan fingerprint density at radius 1 is 1.19 bits per heavy atom. The predicted molar refractivity (Wildman–Crippen MR) is 83.6 cm³/mol. The summed E-state index contributed by atoms with van der Waals surface area (Å²) in [4.78, 5) is 11.8. The van der Waals surface area contributed by atoms with Gasteiger partial charge in [-0.15, -0.1) is 0 Å². The molecule has 6 heteroatoms. The van der Waals surface area contributed by atoms with Gasteiger partial charge in [-0.05, 0) is 24.3 Å². The van der Waals surface area contributed by atoms with Gasteiger partial charge in [-0.3, -0.25) is 0 Å². The Bertz CT molecular complexity index is 670. The minimum Gasteiger partial charge on any atom is -0.464 e. The Labute approximate surface area is 133 Å². The van der Waals surface area contributed by atoms with Crippen LogP contribution in [0.5, 0.6) is 0 Å². The molecular formula is C15H16Cl2N2O2. The average molecular weight is 327 g/mol. The maximum atomic E-state index is 11.8. The fraction of sp³-hybridized carbons (Fsp3) is 0.333. The van der Waals surface area contributed by atoms with Crippen molar-refractivity contribution in [1.82, 2.24) is 9.78 Å². The molecule has 2 aromatic rings. The van der Waals surface area contributed by atoms with E-state index < -0.39 is 5.97 Å². The van der Waals surface area contributed by atoms with E-state index >= 15 is 0 Å². The van der Waals surface area contributed by atoms with Crippen LogP contribution in [0.3, 0.4) is 0 Å². The van der Waals surface area contributed by atoms with E-state index in [-0.39, 0.29) is 11.1 Å². The molecule has 0 fully saturated rings. The lowest BCUT2D eigenvalue weighted by Gasteiger charge is -2.21. The first-order valence-corrected chi connectivity index (χ1v) is 7.14. The van der Waals surface area contributed by atoms with Crippen LogP contribution in [-0.2, 0) is 10.2 Å². The van der Waals surface area contributed by atoms with E-state index in [1.807, 2.05) is 32.9 Å². The zero-order valence-electron chi connectivity index (χ0n) is 12.3. The van der Waals surface area contributed by atoms with Crippen LogP contribution in [0, 0.1) is 0 Å². The van der Waals surface area contributed by atoms with Crippen LogP contribution in [0.2, 0.25) is 10.0 Å². The van der Waals surface area contributed by atoms with Gasteiger partial charge in [-0.25, -0.2) is 9.48 Å². The maximum absolute atomic E-state index is 11.8. The highest BCUT2D eigenvalue weighted by molar-refractivity contribution is 6.34. The van der Waals surface area contributed by atoms with Crippen LogP contribution in [0.4, 0.5) is 0 Å². The summed E-state index contributed by atoms with van der Waals surface area (Å²) < 4.78 is 6.39. The number of carbonyl (C=O) groups excluding carboxylic acids is 1. The molecule has 0 bridgehead atoms. The van der Waals surface area contributed by atoms with Crippen molar-refractivity contribution in [3.8, 4) is 5.69 Å². The van der Waals surface area contributed by atoms with Gasteiger partial charge < -0.3 is 4.74 Å². The highest BCUT2D eigenvalue weighted by atomic mass is 35.5. The highest BCUT2D eigenvalue weighted by Crippen LogP contribution is 2.34. The van der Waals surface area contributed by atoms with Crippen molar-refractivity contribution in [3.63, 3.8) is 0 Å². The van der Waals surface area contributed by atoms with Gasteiger partial charge in [0.25, 0.3) is 0 Å². The molecule has 112 valence electrons. The zero-order valence-corrected chi connectivity index (χ0v) is 13.8. The number of nitrogens with zero attached hydrogens (tertiary/aromatic N) is 2. The fourth-order valence-electron chi connectivity index (χ4n) is 2.04. The lowest BCUT2D eigenvalue weighted by atomic mass is 9.91. The van der Waals surface area contributed by atoms with Gasteiger partial charge in [0.1, 0.15) is 0 Å². The molecule has 0 spiro atoms. The summed E-state index contributed by atoms with van der Waals surface area (Å²) >= 11 is 12.3. The molecule has 4 nitrogen and oxygen atoms in total. The molecule has 0 radical (unpaired) electrons. The molecule has 1 aromatic heterocycles. The molecule has 0 saturated heterocycles. The third-order valence-electron chi connectivity index (χ3n) is 2.99. The standard InChI is InChI=1S/C15H16Cl2N2O2/c1-15(2,3)13-11(17)12(14(20)21-4)18-19(13)10-7-5-9(16)6-8-10/h5-8H,1-4H3. The van der Waals surface area contributed by atoms with Gasteiger partial charge in [0.2, 0.25) is 0 Å². The van der Waals surface area contributed by atoms with Gasteiger partial charge in [-0.1, -0.05) is 44.0 Å². The monoisotopic (exact) mass is 326 g/mol. The van der Waals surface area contributed by atoms with Crippen LogP contribution in [-0.4, -0.2) is 22.9 Å². The molecule has 0 unspecified atom stereocenters. The SMILES string of the molecule is COC(=O)c1nn(-c2ccc(Cl)cc2)c(C(C)(C)C)c1Cl. The van der Waals surface area contributed by atoms with Gasteiger partial charge in [0.05, 0.1) is 23.5 Å². The molecule has 2 rings (SSSR count). The summed E-state index contributed by atoms with van der Waals surface area (Å²) in [6.07, 6.45) is 0. The lowest BCUT2D eigenvalue weighted by Crippen LogP contribution is -2.18. The second kappa shape index (κ2) is 5.70. The van der Waals surface area contributed by atoms with E-state index in [1.54, 1.807) is 16.8 Å². The number of carbonyl (C=O) groups is 1. The summed E-state index contributed by atoms with van der Waals surface area (Å²) in [6, 6.07) is 7.16. The highest BCUT2D eigenvalue weighted by Gasteiger charge is 2.30. The van der Waals surface area contributed by atoms with Crippen molar-refractivity contribution in [2.45, 2.75) is 26.2 Å². The van der Waals surface area contributed by atoms with Crippen molar-refractivity contribution < 1.29 is 9.53 Å². The molecule has 1 heterocycles. The number of halogens is 2. The first-order chi connectivity index (χ1) is 9.75. The summed E-state index contributed by atoms with van der Waals surface area (Å²) in [7, 11) is 1.30. The van der Waals surface area contributed by atoms with Crippen molar-refractivity contribution in [1.29, 1.82) is 0 Å². The Morgan fingerprint density at radius 2 is 1.76 bits per heavy atom. The molecule has 0 N–H and O–H groups in total. The summed E-state index contributed by atoms with van der Waals surface area (Å²) in [6.45, 7) is 6.01. The van der Waals surface area contributed by atoms with Crippen LogP contribution in [0.1, 0.15) is 37.0 Å². The fourth-order valence-corrected chi connectivity index (χ4v) is 2.65. The van der Waals surface area contributed by atoms with Gasteiger partial charge in [0.15, 0.2) is 5.69 Å². The van der Waals surface area contributed by atoms with Crippen LogP contribution < -0.4 is 0 Å². The van der Waals surface area contributed by atoms with Crippen LogP contribution >= 0.6 is 23.2 Å². The topological polar surface area (TPSA) is 44.1 Å².